The molecule has 1 N–H and O–H groups in total. The molecule has 3 rings (SSSR count). The normalized spacial score (nSPS) is 14.7. The van der Waals surface area contributed by atoms with E-state index >= 15 is 0 Å². The van der Waals surface area contributed by atoms with Crippen LogP contribution in [0.3, 0.4) is 0 Å². The third-order valence-corrected chi connectivity index (χ3v) is 3.00. The zero-order chi connectivity index (χ0) is 11.5. The van der Waals surface area contributed by atoms with Gasteiger partial charge in [0.05, 0.1) is 12.4 Å². The molecule has 1 aliphatic heterocycles. The van der Waals surface area contributed by atoms with Gasteiger partial charge < -0.3 is 0 Å². The second-order valence-electron chi connectivity index (χ2n) is 4.13. The van der Waals surface area contributed by atoms with Gasteiger partial charge in [-0.2, -0.15) is 0 Å². The van der Waals surface area contributed by atoms with E-state index in [4.69, 9.17) is 0 Å². The Morgan fingerprint density at radius 3 is 2.06 bits per heavy atom. The Bertz CT molecular complexity index is 527. The first-order valence-corrected chi connectivity index (χ1v) is 5.83. The molecule has 1 aliphatic rings. The second-order valence-corrected chi connectivity index (χ2v) is 4.13. The van der Waals surface area contributed by atoms with Gasteiger partial charge in [0.2, 0.25) is 0 Å². The molecule has 17 heavy (non-hydrogen) atoms. The van der Waals surface area contributed by atoms with Crippen LogP contribution < -0.4 is 5.32 Å². The molecule has 0 aliphatic carbocycles. The average Bonchev–Trinajstić information content (AvgIpc) is 2.94. The lowest BCUT2D eigenvalue weighted by Crippen LogP contribution is -2.13. The van der Waals surface area contributed by atoms with Crippen molar-refractivity contribution in [2.75, 3.05) is 13.2 Å². The van der Waals surface area contributed by atoms with Crippen molar-refractivity contribution in [3.8, 4) is 11.1 Å². The summed E-state index contributed by atoms with van der Waals surface area (Å²) in [4.78, 5) is 4.41. The monoisotopic (exact) mass is 222 g/mol. The van der Waals surface area contributed by atoms with Crippen molar-refractivity contribution in [3.63, 3.8) is 0 Å². The lowest BCUT2D eigenvalue weighted by Gasteiger charge is -2.04. The number of rotatable bonds is 2. The van der Waals surface area contributed by atoms with E-state index in [1.165, 1.54) is 16.7 Å². The summed E-state index contributed by atoms with van der Waals surface area (Å²) < 4.78 is 0. The highest BCUT2D eigenvalue weighted by Gasteiger charge is 2.07. The van der Waals surface area contributed by atoms with Crippen LogP contribution in [0.1, 0.15) is 5.56 Å². The van der Waals surface area contributed by atoms with Crippen LogP contribution >= 0.6 is 0 Å². The van der Waals surface area contributed by atoms with Gasteiger partial charge in [-0.1, -0.05) is 54.6 Å². The molecule has 1 heterocycles. The van der Waals surface area contributed by atoms with Gasteiger partial charge >= 0.3 is 0 Å². The van der Waals surface area contributed by atoms with E-state index in [9.17, 15) is 0 Å². The molecular weight excluding hydrogens is 208 g/mol. The van der Waals surface area contributed by atoms with E-state index in [2.05, 4.69) is 58.8 Å². The van der Waals surface area contributed by atoms with Gasteiger partial charge in [-0.25, -0.2) is 0 Å². The summed E-state index contributed by atoms with van der Waals surface area (Å²) in [5, 5.41) is 3.21. The summed E-state index contributed by atoms with van der Waals surface area (Å²) in [7, 11) is 0. The van der Waals surface area contributed by atoms with Gasteiger partial charge in [0.25, 0.3) is 0 Å². The number of nitrogens with one attached hydrogen (secondary N) is 1. The van der Waals surface area contributed by atoms with Crippen molar-refractivity contribution in [2.24, 2.45) is 4.99 Å². The lowest BCUT2D eigenvalue weighted by atomic mass is 10.0. The zero-order valence-electron chi connectivity index (χ0n) is 9.56. The number of hydrogen-bond acceptors (Lipinski definition) is 2. The van der Waals surface area contributed by atoms with E-state index in [0.29, 0.717) is 0 Å². The maximum absolute atomic E-state index is 4.41. The smallest absolute Gasteiger partial charge is 0.0891 e. The van der Waals surface area contributed by atoms with E-state index < -0.39 is 0 Å². The van der Waals surface area contributed by atoms with E-state index in [-0.39, 0.29) is 0 Å². The minimum atomic E-state index is 0.746. The molecule has 0 amide bonds. The number of benzene rings is 2. The first kappa shape index (κ1) is 10.2. The maximum Gasteiger partial charge on any atom is 0.0891 e. The number of nitrogens with zero attached hydrogens (tertiary/aromatic N) is 1. The standard InChI is InChI=1S/C15H14N2/c1-2-4-12(5-3-1)13-6-8-14(9-7-13)15-10-16-11-17-15/h1-9,16H,10-11H2. The van der Waals surface area contributed by atoms with Crippen molar-refractivity contribution in [2.45, 2.75) is 0 Å². The quantitative estimate of drug-likeness (QED) is 0.830. The van der Waals surface area contributed by atoms with Crippen molar-refractivity contribution < 1.29 is 0 Å². The Morgan fingerprint density at radius 1 is 0.765 bits per heavy atom. The minimum Gasteiger partial charge on any atom is -0.293 e. The first-order chi connectivity index (χ1) is 8.43. The fourth-order valence-corrected chi connectivity index (χ4v) is 2.06. The van der Waals surface area contributed by atoms with Gasteiger partial charge in [-0.3, -0.25) is 10.3 Å². The molecule has 0 aromatic heterocycles. The fourth-order valence-electron chi connectivity index (χ4n) is 2.06. The van der Waals surface area contributed by atoms with E-state index in [1.54, 1.807) is 0 Å². The Kier molecular flexibility index (Phi) is 2.72. The third-order valence-electron chi connectivity index (χ3n) is 3.00. The van der Waals surface area contributed by atoms with Crippen LogP contribution in [0.2, 0.25) is 0 Å². The molecule has 2 heteroatoms. The van der Waals surface area contributed by atoms with E-state index in [0.717, 1.165) is 18.9 Å². The molecule has 84 valence electrons. The van der Waals surface area contributed by atoms with Crippen LogP contribution in [0, 0.1) is 0 Å². The molecule has 0 spiro atoms. The summed E-state index contributed by atoms with van der Waals surface area (Å²) in [5.74, 6) is 0. The number of hydrogen-bond donors (Lipinski definition) is 1. The van der Waals surface area contributed by atoms with Crippen molar-refractivity contribution in [1.29, 1.82) is 0 Å². The Morgan fingerprint density at radius 2 is 1.41 bits per heavy atom. The highest BCUT2D eigenvalue weighted by Crippen LogP contribution is 2.19. The predicted octanol–water partition coefficient (Wildman–Crippen LogP) is 2.70. The zero-order valence-corrected chi connectivity index (χ0v) is 9.56. The molecule has 2 aromatic rings. The fraction of sp³-hybridized carbons (Fsp3) is 0.133. The van der Waals surface area contributed by atoms with E-state index in [1.807, 2.05) is 6.07 Å². The molecule has 0 saturated carbocycles. The summed E-state index contributed by atoms with van der Waals surface area (Å²) >= 11 is 0. The highest BCUT2D eigenvalue weighted by molar-refractivity contribution is 6.03. The molecule has 2 nitrogen and oxygen atoms in total. The lowest BCUT2D eigenvalue weighted by molar-refractivity contribution is 0.850. The summed E-state index contributed by atoms with van der Waals surface area (Å²) in [6, 6.07) is 19.0. The summed E-state index contributed by atoms with van der Waals surface area (Å²) in [6.07, 6.45) is 0. The minimum absolute atomic E-state index is 0.746. The van der Waals surface area contributed by atoms with Crippen LogP contribution in [0.5, 0.6) is 0 Å². The Labute approximate surface area is 101 Å². The SMILES string of the molecule is c1ccc(-c2ccc(C3=NCNC3)cc2)cc1. The molecule has 2 aromatic carbocycles. The maximum atomic E-state index is 4.41. The Hall–Kier alpha value is -1.93. The molecule has 0 bridgehead atoms. The van der Waals surface area contributed by atoms with Gasteiger partial charge in [0.15, 0.2) is 0 Å². The average molecular weight is 222 g/mol. The molecule has 0 atom stereocenters. The van der Waals surface area contributed by atoms with Crippen molar-refractivity contribution in [1.82, 2.24) is 5.32 Å². The van der Waals surface area contributed by atoms with Gasteiger partial charge in [0.1, 0.15) is 0 Å². The molecular formula is C15H14N2. The summed E-state index contributed by atoms with van der Waals surface area (Å²) in [5.41, 5.74) is 4.88. The first-order valence-electron chi connectivity index (χ1n) is 5.83. The van der Waals surface area contributed by atoms with Crippen molar-refractivity contribution in [3.05, 3.63) is 60.2 Å². The highest BCUT2D eigenvalue weighted by atomic mass is 15.1. The van der Waals surface area contributed by atoms with Crippen LogP contribution in [-0.4, -0.2) is 18.9 Å². The van der Waals surface area contributed by atoms with Gasteiger partial charge in [-0.05, 0) is 16.7 Å². The summed E-state index contributed by atoms with van der Waals surface area (Å²) in [6.45, 7) is 1.63. The second kappa shape index (κ2) is 4.52. The molecule has 0 fully saturated rings. The van der Waals surface area contributed by atoms with Gasteiger partial charge in [-0.15, -0.1) is 0 Å². The van der Waals surface area contributed by atoms with Crippen LogP contribution in [0.25, 0.3) is 11.1 Å². The largest absolute Gasteiger partial charge is 0.293 e. The molecule has 0 radical (unpaired) electrons. The predicted molar refractivity (Wildman–Crippen MR) is 71.3 cm³/mol. The van der Waals surface area contributed by atoms with Crippen LogP contribution in [0.4, 0.5) is 0 Å². The van der Waals surface area contributed by atoms with Crippen LogP contribution in [-0.2, 0) is 0 Å². The topological polar surface area (TPSA) is 24.4 Å². The van der Waals surface area contributed by atoms with Crippen LogP contribution in [0.15, 0.2) is 59.6 Å². The third kappa shape index (κ3) is 2.12. The number of aliphatic imine (C=N–C) groups is 1. The van der Waals surface area contributed by atoms with Crippen molar-refractivity contribution >= 4 is 5.71 Å². The molecule has 0 unspecified atom stereocenters. The Balaban J connectivity index is 1.90. The molecule has 0 saturated heterocycles. The van der Waals surface area contributed by atoms with Gasteiger partial charge in [0, 0.05) is 6.54 Å².